The molecule has 0 heterocycles. The van der Waals surface area contributed by atoms with Crippen LogP contribution in [0.2, 0.25) is 5.02 Å². The van der Waals surface area contributed by atoms with Crippen molar-refractivity contribution in [3.05, 3.63) is 95.0 Å². The van der Waals surface area contributed by atoms with Gasteiger partial charge in [-0.3, -0.25) is 0 Å². The highest BCUT2D eigenvalue weighted by Crippen LogP contribution is 2.46. The minimum Gasteiger partial charge on any atom is -0.497 e. The summed E-state index contributed by atoms with van der Waals surface area (Å²) in [7, 11) is 3.26. The van der Waals surface area contributed by atoms with Gasteiger partial charge in [-0.15, -0.1) is 0 Å². The van der Waals surface area contributed by atoms with Crippen molar-refractivity contribution in [3.63, 3.8) is 0 Å². The summed E-state index contributed by atoms with van der Waals surface area (Å²) in [5, 5.41) is 19.4. The Kier molecular flexibility index (Phi) is 8.30. The maximum atomic E-state index is 9.57. The highest BCUT2D eigenvalue weighted by molar-refractivity contribution is 8.02. The summed E-state index contributed by atoms with van der Waals surface area (Å²) in [6.45, 7) is 0. The second-order valence-electron chi connectivity index (χ2n) is 7.29. The van der Waals surface area contributed by atoms with Gasteiger partial charge in [-0.1, -0.05) is 41.2 Å². The highest BCUT2D eigenvalue weighted by Gasteiger charge is 2.16. The average Bonchev–Trinajstić information content (AvgIpc) is 2.91. The lowest BCUT2D eigenvalue weighted by molar-refractivity contribution is 0.414. The lowest BCUT2D eigenvalue weighted by atomic mass is 10.1. The van der Waals surface area contributed by atoms with Gasteiger partial charge in [0, 0.05) is 25.6 Å². The summed E-state index contributed by atoms with van der Waals surface area (Å²) < 4.78 is 16.6. The van der Waals surface area contributed by atoms with E-state index in [0.717, 1.165) is 31.1 Å². The van der Waals surface area contributed by atoms with E-state index in [-0.39, 0.29) is 11.1 Å². The first kappa shape index (κ1) is 25.3. The zero-order chi connectivity index (χ0) is 25.5. The molecule has 0 radical (unpaired) electrons. The van der Waals surface area contributed by atoms with Crippen LogP contribution in [0.3, 0.4) is 0 Å². The monoisotopic (exact) mass is 530 g/mol. The molecule has 0 aromatic heterocycles. The van der Waals surface area contributed by atoms with E-state index < -0.39 is 0 Å². The SMILES string of the molecule is COc1ccc(Sc2cc(Oc3cccc(C#N)c3C#N)cc(Cl)c2Sc2ccc(OC)cc2)cc1. The first-order valence-electron chi connectivity index (χ1n) is 10.6. The molecule has 0 aliphatic heterocycles. The van der Waals surface area contributed by atoms with Crippen LogP contribution in [0.15, 0.2) is 98.4 Å². The summed E-state index contributed by atoms with van der Waals surface area (Å²) in [6.07, 6.45) is 0. The van der Waals surface area contributed by atoms with Gasteiger partial charge >= 0.3 is 0 Å². The van der Waals surface area contributed by atoms with Crippen molar-refractivity contribution in [2.75, 3.05) is 14.2 Å². The summed E-state index contributed by atoms with van der Waals surface area (Å²) in [4.78, 5) is 3.72. The molecule has 4 aromatic carbocycles. The molecule has 8 heteroatoms. The minimum atomic E-state index is 0.178. The van der Waals surface area contributed by atoms with Crippen molar-refractivity contribution in [1.82, 2.24) is 0 Å². The van der Waals surface area contributed by atoms with E-state index in [0.29, 0.717) is 16.5 Å². The Morgan fingerprint density at radius 3 is 1.89 bits per heavy atom. The van der Waals surface area contributed by atoms with Gasteiger partial charge in [0.1, 0.15) is 40.7 Å². The number of ether oxygens (including phenoxy) is 3. The van der Waals surface area contributed by atoms with Gasteiger partial charge in [-0.2, -0.15) is 10.5 Å². The van der Waals surface area contributed by atoms with Gasteiger partial charge in [0.2, 0.25) is 0 Å². The number of hydrogen-bond acceptors (Lipinski definition) is 7. The zero-order valence-electron chi connectivity index (χ0n) is 19.3. The Morgan fingerprint density at radius 1 is 0.722 bits per heavy atom. The van der Waals surface area contributed by atoms with Crippen molar-refractivity contribution >= 4 is 35.1 Å². The predicted molar refractivity (Wildman–Crippen MR) is 142 cm³/mol. The molecular weight excluding hydrogens is 512 g/mol. The van der Waals surface area contributed by atoms with Crippen LogP contribution < -0.4 is 14.2 Å². The molecule has 0 fully saturated rings. The van der Waals surface area contributed by atoms with E-state index >= 15 is 0 Å². The Hall–Kier alpha value is -3.75. The van der Waals surface area contributed by atoms with Gasteiger partial charge in [0.25, 0.3) is 0 Å². The largest absolute Gasteiger partial charge is 0.497 e. The second kappa shape index (κ2) is 11.8. The average molecular weight is 531 g/mol. The van der Waals surface area contributed by atoms with Gasteiger partial charge in [0.05, 0.1) is 24.8 Å². The van der Waals surface area contributed by atoms with Crippen LogP contribution in [0.1, 0.15) is 11.1 Å². The molecule has 0 N–H and O–H groups in total. The van der Waals surface area contributed by atoms with E-state index in [1.807, 2.05) is 60.7 Å². The molecular formula is C28H19ClN2O3S2. The molecule has 5 nitrogen and oxygen atoms in total. The number of methoxy groups -OCH3 is 2. The molecule has 4 rings (SSSR count). The predicted octanol–water partition coefficient (Wildman–Crippen LogP) is 8.20. The first-order valence-corrected chi connectivity index (χ1v) is 12.6. The van der Waals surface area contributed by atoms with Crippen molar-refractivity contribution in [3.8, 4) is 35.1 Å². The molecule has 0 saturated heterocycles. The van der Waals surface area contributed by atoms with Gasteiger partial charge in [-0.25, -0.2) is 0 Å². The van der Waals surface area contributed by atoms with Crippen LogP contribution >= 0.6 is 35.1 Å². The third kappa shape index (κ3) is 5.90. The Morgan fingerprint density at radius 2 is 1.33 bits per heavy atom. The van der Waals surface area contributed by atoms with Crippen LogP contribution in [0.5, 0.6) is 23.0 Å². The normalized spacial score (nSPS) is 10.2. The quantitative estimate of drug-likeness (QED) is 0.227. The van der Waals surface area contributed by atoms with Crippen molar-refractivity contribution in [2.45, 2.75) is 19.6 Å². The molecule has 0 unspecified atom stereocenters. The summed E-state index contributed by atoms with van der Waals surface area (Å²) in [6, 6.07) is 28.1. The number of hydrogen-bond donors (Lipinski definition) is 0. The summed E-state index contributed by atoms with van der Waals surface area (Å²) in [5.41, 5.74) is 0.428. The molecule has 0 amide bonds. The maximum Gasteiger partial charge on any atom is 0.146 e. The van der Waals surface area contributed by atoms with E-state index in [2.05, 4.69) is 6.07 Å². The van der Waals surface area contributed by atoms with Crippen LogP contribution in [-0.2, 0) is 0 Å². The third-order valence-corrected chi connectivity index (χ3v) is 7.78. The second-order valence-corrected chi connectivity index (χ2v) is 9.90. The van der Waals surface area contributed by atoms with Crippen molar-refractivity contribution in [1.29, 1.82) is 10.5 Å². The number of rotatable bonds is 8. The molecule has 0 spiro atoms. The zero-order valence-corrected chi connectivity index (χ0v) is 21.7. The summed E-state index contributed by atoms with van der Waals surface area (Å²) in [5.74, 6) is 2.30. The molecule has 0 atom stereocenters. The van der Waals surface area contributed by atoms with Crippen LogP contribution in [0.4, 0.5) is 0 Å². The highest BCUT2D eigenvalue weighted by atomic mass is 35.5. The first-order chi connectivity index (χ1) is 17.5. The number of nitriles is 2. The Labute approximate surface area is 223 Å². The van der Waals surface area contributed by atoms with Crippen LogP contribution in [-0.4, -0.2) is 14.2 Å². The fraction of sp³-hybridized carbons (Fsp3) is 0.0714. The van der Waals surface area contributed by atoms with Gasteiger partial charge in [-0.05, 0) is 66.7 Å². The number of halogens is 1. The van der Waals surface area contributed by atoms with E-state index in [9.17, 15) is 10.5 Å². The van der Waals surface area contributed by atoms with E-state index in [4.69, 9.17) is 25.8 Å². The van der Waals surface area contributed by atoms with Crippen molar-refractivity contribution < 1.29 is 14.2 Å². The Bertz CT molecular complexity index is 1460. The molecule has 0 bridgehead atoms. The maximum absolute atomic E-state index is 9.57. The summed E-state index contributed by atoms with van der Waals surface area (Å²) >= 11 is 9.84. The fourth-order valence-corrected chi connectivity index (χ4v) is 5.62. The minimum absolute atomic E-state index is 0.178. The lowest BCUT2D eigenvalue weighted by Gasteiger charge is -2.15. The smallest absolute Gasteiger partial charge is 0.146 e. The fourth-order valence-electron chi connectivity index (χ4n) is 3.26. The molecule has 178 valence electrons. The van der Waals surface area contributed by atoms with Crippen molar-refractivity contribution in [2.24, 2.45) is 0 Å². The Balaban J connectivity index is 1.74. The van der Waals surface area contributed by atoms with Crippen LogP contribution in [0.25, 0.3) is 0 Å². The standard InChI is InChI=1S/C28H19ClN2O3S2/c1-32-19-6-10-22(11-7-19)35-27-15-21(34-26-5-3-4-18(16-30)24(26)17-31)14-25(29)28(27)36-23-12-8-20(33-2)9-13-23/h3-15H,1-2H3. The van der Waals surface area contributed by atoms with Gasteiger partial charge in [0.15, 0.2) is 0 Å². The molecule has 4 aromatic rings. The van der Waals surface area contributed by atoms with E-state index in [1.54, 1.807) is 38.5 Å². The van der Waals surface area contributed by atoms with Crippen LogP contribution in [0, 0.1) is 22.7 Å². The van der Waals surface area contributed by atoms with Gasteiger partial charge < -0.3 is 14.2 Å². The topological polar surface area (TPSA) is 75.3 Å². The third-order valence-electron chi connectivity index (χ3n) is 5.04. The molecule has 0 aliphatic rings. The molecule has 0 aliphatic carbocycles. The van der Waals surface area contributed by atoms with E-state index in [1.165, 1.54) is 23.5 Å². The molecule has 0 saturated carbocycles. The number of nitrogens with zero attached hydrogens (tertiary/aromatic N) is 2. The lowest BCUT2D eigenvalue weighted by Crippen LogP contribution is -1.93. The number of benzene rings is 4. The molecule has 36 heavy (non-hydrogen) atoms.